The van der Waals surface area contributed by atoms with Crippen molar-refractivity contribution in [3.05, 3.63) is 58.2 Å². The summed E-state index contributed by atoms with van der Waals surface area (Å²) in [7, 11) is 1.57. The van der Waals surface area contributed by atoms with Crippen molar-refractivity contribution in [1.82, 2.24) is 4.98 Å². The normalized spacial score (nSPS) is 10.6. The molecular weight excluding hydrogens is 375 g/mol. The van der Waals surface area contributed by atoms with Gasteiger partial charge in [-0.1, -0.05) is 35.3 Å². The first-order valence-corrected chi connectivity index (χ1v) is 8.65. The molecule has 0 bridgehead atoms. The molecule has 0 saturated heterocycles. The summed E-state index contributed by atoms with van der Waals surface area (Å²) < 4.78 is 10.5. The zero-order valence-electron chi connectivity index (χ0n) is 14.2. The number of carbonyl (C=O) groups is 1. The summed E-state index contributed by atoms with van der Waals surface area (Å²) in [5.74, 6) is 0.135. The van der Waals surface area contributed by atoms with Crippen molar-refractivity contribution in [3.8, 4) is 5.75 Å². The molecule has 0 aliphatic rings. The molecule has 1 aromatic heterocycles. The third kappa shape index (κ3) is 3.54. The first kappa shape index (κ1) is 18.3. The largest absolute Gasteiger partial charge is 0.495 e. The minimum absolute atomic E-state index is 0.251. The number of aromatic nitrogens is 1. The highest BCUT2D eigenvalue weighted by atomic mass is 35.5. The second kappa shape index (κ2) is 7.81. The summed E-state index contributed by atoms with van der Waals surface area (Å²) in [6.07, 6.45) is 1.44. The molecule has 134 valence electrons. The van der Waals surface area contributed by atoms with Gasteiger partial charge in [-0.2, -0.15) is 0 Å². The van der Waals surface area contributed by atoms with Crippen LogP contribution >= 0.6 is 23.2 Å². The maximum atomic E-state index is 12.4. The lowest BCUT2D eigenvalue weighted by atomic mass is 10.1. The molecule has 5 nitrogen and oxygen atoms in total. The molecule has 0 aliphatic heterocycles. The predicted octanol–water partition coefficient (Wildman–Crippen LogP) is 5.47. The summed E-state index contributed by atoms with van der Waals surface area (Å²) in [5.41, 5.74) is 2.00. The number of hydrogen-bond donors (Lipinski definition) is 1. The number of benzene rings is 2. The topological polar surface area (TPSA) is 60.5 Å². The number of fused-ring (bicyclic) bond motifs is 1. The molecule has 1 N–H and O–H groups in total. The van der Waals surface area contributed by atoms with E-state index >= 15 is 0 Å². The summed E-state index contributed by atoms with van der Waals surface area (Å²) in [6, 6.07) is 10.7. The zero-order chi connectivity index (χ0) is 18.7. The third-order valence-electron chi connectivity index (χ3n) is 3.75. The van der Waals surface area contributed by atoms with Crippen LogP contribution in [0, 0.1) is 0 Å². The molecule has 0 spiro atoms. The van der Waals surface area contributed by atoms with Crippen molar-refractivity contribution in [2.45, 2.75) is 6.92 Å². The van der Waals surface area contributed by atoms with Crippen molar-refractivity contribution in [3.63, 3.8) is 0 Å². The number of nitrogens with one attached hydrogen (secondary N) is 1. The Morgan fingerprint density at radius 3 is 2.73 bits per heavy atom. The first-order valence-electron chi connectivity index (χ1n) is 7.90. The van der Waals surface area contributed by atoms with Crippen LogP contribution in [0.1, 0.15) is 17.3 Å². The summed E-state index contributed by atoms with van der Waals surface area (Å²) in [6.45, 7) is 1.99. The molecule has 7 heteroatoms. The second-order valence-corrected chi connectivity index (χ2v) is 6.22. The lowest BCUT2D eigenvalue weighted by Gasteiger charge is -2.16. The van der Waals surface area contributed by atoms with E-state index < -0.39 is 5.97 Å². The smallest absolute Gasteiger partial charge is 0.341 e. The number of nitrogens with zero attached hydrogens (tertiary/aromatic N) is 1. The highest BCUT2D eigenvalue weighted by Gasteiger charge is 2.19. The maximum absolute atomic E-state index is 12.4. The molecule has 0 fully saturated rings. The van der Waals surface area contributed by atoms with Crippen LogP contribution in [0.3, 0.4) is 0 Å². The Hall–Kier alpha value is -2.50. The van der Waals surface area contributed by atoms with Gasteiger partial charge in [-0.25, -0.2) is 4.79 Å². The molecule has 0 amide bonds. The Labute approximate surface area is 160 Å². The number of hydrogen-bond acceptors (Lipinski definition) is 5. The van der Waals surface area contributed by atoms with Crippen LogP contribution in [0.2, 0.25) is 10.0 Å². The fraction of sp³-hybridized carbons (Fsp3) is 0.158. The van der Waals surface area contributed by atoms with Gasteiger partial charge in [0.15, 0.2) is 0 Å². The molecule has 0 unspecified atom stereocenters. The third-order valence-corrected chi connectivity index (χ3v) is 4.26. The Balaban J connectivity index is 2.24. The number of rotatable bonds is 5. The molecule has 26 heavy (non-hydrogen) atoms. The van der Waals surface area contributed by atoms with E-state index in [9.17, 15) is 4.79 Å². The van der Waals surface area contributed by atoms with Gasteiger partial charge in [0.05, 0.1) is 35.6 Å². The van der Waals surface area contributed by atoms with Gasteiger partial charge in [0.1, 0.15) is 11.3 Å². The number of anilines is 2. The number of para-hydroxylation sites is 2. The maximum Gasteiger partial charge on any atom is 0.341 e. The van der Waals surface area contributed by atoms with Gasteiger partial charge in [0.2, 0.25) is 0 Å². The summed E-state index contributed by atoms with van der Waals surface area (Å²) in [5, 5.41) is 4.69. The fourth-order valence-corrected chi connectivity index (χ4v) is 3.15. The lowest BCUT2D eigenvalue weighted by molar-refractivity contribution is 0.0527. The number of methoxy groups -OCH3 is 1. The van der Waals surface area contributed by atoms with E-state index in [4.69, 9.17) is 32.7 Å². The number of ether oxygens (including phenoxy) is 2. The highest BCUT2D eigenvalue weighted by Crippen LogP contribution is 2.37. The van der Waals surface area contributed by atoms with Gasteiger partial charge in [-0.05, 0) is 31.2 Å². The second-order valence-electron chi connectivity index (χ2n) is 5.38. The van der Waals surface area contributed by atoms with Gasteiger partial charge in [-0.3, -0.25) is 4.98 Å². The van der Waals surface area contributed by atoms with E-state index in [-0.39, 0.29) is 12.2 Å². The Kier molecular flexibility index (Phi) is 5.49. The number of esters is 1. The van der Waals surface area contributed by atoms with Gasteiger partial charge in [0.25, 0.3) is 0 Å². The monoisotopic (exact) mass is 390 g/mol. The van der Waals surface area contributed by atoms with E-state index in [1.54, 1.807) is 26.2 Å². The van der Waals surface area contributed by atoms with Gasteiger partial charge in [-0.15, -0.1) is 0 Å². The van der Waals surface area contributed by atoms with E-state index in [0.29, 0.717) is 38.1 Å². The van der Waals surface area contributed by atoms with Crippen LogP contribution in [-0.2, 0) is 4.74 Å². The van der Waals surface area contributed by atoms with Crippen molar-refractivity contribution < 1.29 is 14.3 Å². The minimum atomic E-state index is -0.490. The number of pyridine rings is 1. The fourth-order valence-electron chi connectivity index (χ4n) is 2.61. The van der Waals surface area contributed by atoms with E-state index in [1.165, 1.54) is 6.20 Å². The summed E-state index contributed by atoms with van der Waals surface area (Å²) >= 11 is 12.4. The standard InChI is InChI=1S/C19H16Cl2N2O3/c1-3-26-19(24)13-10-22-18-12(8-11(20)9-14(18)21)17(13)23-15-6-4-5-7-16(15)25-2/h4-10H,3H2,1-2H3,(H,22,23). The average Bonchev–Trinajstić information content (AvgIpc) is 2.62. The predicted molar refractivity (Wildman–Crippen MR) is 104 cm³/mol. The molecule has 3 aromatic rings. The number of halogens is 2. The van der Waals surface area contributed by atoms with Crippen LogP contribution in [0.4, 0.5) is 11.4 Å². The van der Waals surface area contributed by atoms with Crippen LogP contribution in [0.5, 0.6) is 5.75 Å². The van der Waals surface area contributed by atoms with Crippen molar-refractivity contribution >= 4 is 51.4 Å². The molecule has 0 saturated carbocycles. The highest BCUT2D eigenvalue weighted by molar-refractivity contribution is 6.38. The summed E-state index contributed by atoms with van der Waals surface area (Å²) in [4.78, 5) is 16.7. The molecule has 2 aromatic carbocycles. The Bertz CT molecular complexity index is 976. The molecular formula is C19H16Cl2N2O3. The van der Waals surface area contributed by atoms with E-state index in [1.807, 2.05) is 24.3 Å². The molecule has 3 rings (SSSR count). The van der Waals surface area contributed by atoms with Gasteiger partial charge in [0, 0.05) is 16.6 Å². The molecule has 1 heterocycles. The average molecular weight is 391 g/mol. The minimum Gasteiger partial charge on any atom is -0.495 e. The zero-order valence-corrected chi connectivity index (χ0v) is 15.7. The van der Waals surface area contributed by atoms with Gasteiger partial charge >= 0.3 is 5.97 Å². The lowest BCUT2D eigenvalue weighted by Crippen LogP contribution is -2.09. The van der Waals surface area contributed by atoms with Gasteiger partial charge < -0.3 is 14.8 Å². The van der Waals surface area contributed by atoms with Crippen LogP contribution < -0.4 is 10.1 Å². The molecule has 0 radical (unpaired) electrons. The molecule has 0 aliphatic carbocycles. The SMILES string of the molecule is CCOC(=O)c1cnc2c(Cl)cc(Cl)cc2c1Nc1ccccc1OC. The van der Waals surface area contributed by atoms with Crippen LogP contribution in [0.15, 0.2) is 42.6 Å². The Morgan fingerprint density at radius 1 is 1.23 bits per heavy atom. The van der Waals surface area contributed by atoms with Crippen molar-refractivity contribution in [2.24, 2.45) is 0 Å². The Morgan fingerprint density at radius 2 is 2.00 bits per heavy atom. The van der Waals surface area contributed by atoms with Crippen molar-refractivity contribution in [2.75, 3.05) is 19.0 Å². The van der Waals surface area contributed by atoms with E-state index in [0.717, 1.165) is 0 Å². The number of carbonyl (C=O) groups excluding carboxylic acids is 1. The first-order chi connectivity index (χ1) is 12.5. The quantitative estimate of drug-likeness (QED) is 0.585. The van der Waals surface area contributed by atoms with Crippen LogP contribution in [0.25, 0.3) is 10.9 Å². The molecule has 0 atom stereocenters. The van der Waals surface area contributed by atoms with Crippen molar-refractivity contribution in [1.29, 1.82) is 0 Å². The van der Waals surface area contributed by atoms with Crippen LogP contribution in [-0.4, -0.2) is 24.7 Å². The van der Waals surface area contributed by atoms with E-state index in [2.05, 4.69) is 10.3 Å².